The second-order valence-electron chi connectivity index (χ2n) is 3.33. The summed E-state index contributed by atoms with van der Waals surface area (Å²) in [5.74, 6) is 2.24. The van der Waals surface area contributed by atoms with E-state index in [0.717, 1.165) is 12.1 Å². The molecule has 10 heavy (non-hydrogen) atoms. The van der Waals surface area contributed by atoms with Crippen LogP contribution in [0.25, 0.3) is 0 Å². The summed E-state index contributed by atoms with van der Waals surface area (Å²) in [5, 5.41) is 0. The van der Waals surface area contributed by atoms with E-state index in [1.165, 1.54) is 31.8 Å². The fourth-order valence-corrected chi connectivity index (χ4v) is 2.01. The highest BCUT2D eigenvalue weighted by molar-refractivity contribution is 5.19. The van der Waals surface area contributed by atoms with Crippen LogP contribution < -0.4 is 5.73 Å². The highest BCUT2D eigenvalue weighted by Gasteiger charge is 2.38. The first kappa shape index (κ1) is 6.62. The van der Waals surface area contributed by atoms with Gasteiger partial charge in [0.15, 0.2) is 0 Å². The van der Waals surface area contributed by atoms with E-state index < -0.39 is 0 Å². The van der Waals surface area contributed by atoms with Crippen molar-refractivity contribution in [3.63, 3.8) is 0 Å². The van der Waals surface area contributed by atoms with Gasteiger partial charge in [0.25, 0.3) is 0 Å². The molecule has 3 aliphatic heterocycles. The normalized spacial score (nSPS) is 42.6. The van der Waals surface area contributed by atoms with Crippen LogP contribution in [0.3, 0.4) is 0 Å². The minimum absolute atomic E-state index is 0.810. The van der Waals surface area contributed by atoms with E-state index in [2.05, 4.69) is 11.8 Å². The summed E-state index contributed by atoms with van der Waals surface area (Å²) in [6.45, 7) is 4.55. The lowest BCUT2D eigenvalue weighted by Gasteiger charge is -2.46. The van der Waals surface area contributed by atoms with Crippen LogP contribution in [0.4, 0.5) is 0 Å². The average Bonchev–Trinajstić information content (AvgIpc) is 2.00. The molecule has 3 aliphatic rings. The molecule has 3 saturated heterocycles. The van der Waals surface area contributed by atoms with Crippen molar-refractivity contribution in [1.82, 2.24) is 4.90 Å². The maximum Gasteiger partial charge on any atom is 0.108 e. The van der Waals surface area contributed by atoms with Crippen LogP contribution in [0.1, 0.15) is 19.8 Å². The Hall–Kier alpha value is -0.0800. The van der Waals surface area contributed by atoms with Crippen LogP contribution in [0.5, 0.6) is 0 Å². The first-order valence-corrected chi connectivity index (χ1v) is 4.00. The zero-order chi connectivity index (χ0) is 7.14. The van der Waals surface area contributed by atoms with E-state index in [9.17, 15) is 0 Å². The second-order valence-corrected chi connectivity index (χ2v) is 3.33. The number of rotatable bonds is 0. The highest BCUT2D eigenvalue weighted by atomic mass is 15.2. The molecule has 0 amide bonds. The number of hydrogen-bond acceptors (Lipinski definition) is 2. The van der Waals surface area contributed by atoms with Gasteiger partial charge in [-0.25, -0.2) is 0 Å². The summed E-state index contributed by atoms with van der Waals surface area (Å²) in [6.07, 6.45) is 3.71. The van der Waals surface area contributed by atoms with Crippen LogP contribution in [0.15, 0.2) is 0 Å². The Morgan fingerprint density at radius 1 is 1.40 bits per heavy atom. The quantitative estimate of drug-likeness (QED) is 0.535. The van der Waals surface area contributed by atoms with Crippen LogP contribution in [0, 0.1) is 18.0 Å². The molecule has 0 saturated carbocycles. The zero-order valence-electron chi connectivity index (χ0n) is 6.43. The molecule has 2 nitrogen and oxygen atoms in total. The Bertz CT molecular complexity index is 107. The molecular weight excluding hydrogens is 124 g/mol. The van der Waals surface area contributed by atoms with Gasteiger partial charge in [-0.3, -0.25) is 4.90 Å². The molecule has 3 heterocycles. The summed E-state index contributed by atoms with van der Waals surface area (Å²) in [6, 6.07) is 0. The molecule has 0 aliphatic carbocycles. The van der Waals surface area contributed by atoms with Crippen molar-refractivity contribution >= 4 is 0 Å². The zero-order valence-corrected chi connectivity index (χ0v) is 6.43. The van der Waals surface area contributed by atoms with E-state index in [4.69, 9.17) is 5.73 Å². The van der Waals surface area contributed by atoms with Gasteiger partial charge < -0.3 is 5.73 Å². The Morgan fingerprint density at radius 3 is 2.30 bits per heavy atom. The molecule has 0 aromatic carbocycles. The lowest BCUT2D eigenvalue weighted by molar-refractivity contribution is 0.136. The Labute approximate surface area is 62.4 Å². The molecule has 2 radical (unpaired) electrons. The fourth-order valence-electron chi connectivity index (χ4n) is 2.01. The van der Waals surface area contributed by atoms with Crippen LogP contribution in [-0.2, 0) is 0 Å². The number of piperidine rings is 3. The SMILES string of the molecule is C[C]1[C](N)N2CCC1CC2. The van der Waals surface area contributed by atoms with Crippen molar-refractivity contribution in [1.29, 1.82) is 0 Å². The van der Waals surface area contributed by atoms with Gasteiger partial charge in [-0.2, -0.15) is 0 Å². The third kappa shape index (κ3) is 0.789. The molecule has 0 unspecified atom stereocenters. The highest BCUT2D eigenvalue weighted by Crippen LogP contribution is 2.39. The van der Waals surface area contributed by atoms with Gasteiger partial charge in [0, 0.05) is 19.0 Å². The Kier molecular flexibility index (Phi) is 1.46. The van der Waals surface area contributed by atoms with Crippen molar-refractivity contribution in [2.24, 2.45) is 11.7 Å². The molecule has 0 atom stereocenters. The lowest BCUT2D eigenvalue weighted by atomic mass is 9.78. The fraction of sp³-hybridized carbons (Fsp3) is 0.750. The monoisotopic (exact) mass is 138 g/mol. The molecule has 0 aromatic heterocycles. The summed E-state index contributed by atoms with van der Waals surface area (Å²) < 4.78 is 0. The second kappa shape index (κ2) is 2.21. The number of nitrogens with zero attached hydrogens (tertiary/aromatic N) is 1. The first-order chi connectivity index (χ1) is 4.79. The maximum absolute atomic E-state index is 5.87. The number of hydrogen-bond donors (Lipinski definition) is 1. The molecule has 56 valence electrons. The molecule has 3 rings (SSSR count). The first-order valence-electron chi connectivity index (χ1n) is 4.00. The van der Waals surface area contributed by atoms with Gasteiger partial charge in [0.05, 0.1) is 0 Å². The van der Waals surface area contributed by atoms with Crippen molar-refractivity contribution in [2.75, 3.05) is 13.1 Å². The van der Waals surface area contributed by atoms with Gasteiger partial charge in [0.2, 0.25) is 0 Å². The minimum Gasteiger partial charge on any atom is -0.310 e. The number of nitrogens with two attached hydrogens (primary N) is 1. The van der Waals surface area contributed by atoms with Gasteiger partial charge >= 0.3 is 0 Å². The van der Waals surface area contributed by atoms with Crippen LogP contribution in [-0.4, -0.2) is 18.0 Å². The van der Waals surface area contributed by atoms with Crippen LogP contribution >= 0.6 is 0 Å². The van der Waals surface area contributed by atoms with E-state index in [-0.39, 0.29) is 0 Å². The van der Waals surface area contributed by atoms with Gasteiger partial charge in [-0.1, -0.05) is 6.92 Å². The van der Waals surface area contributed by atoms with Crippen LogP contribution in [0.2, 0.25) is 0 Å². The molecule has 3 fully saturated rings. The van der Waals surface area contributed by atoms with E-state index >= 15 is 0 Å². The van der Waals surface area contributed by atoms with Crippen molar-refractivity contribution in [3.8, 4) is 0 Å². The van der Waals surface area contributed by atoms with E-state index in [1.54, 1.807) is 0 Å². The average molecular weight is 138 g/mol. The van der Waals surface area contributed by atoms with Crippen molar-refractivity contribution in [3.05, 3.63) is 12.1 Å². The summed E-state index contributed by atoms with van der Waals surface area (Å²) >= 11 is 0. The molecule has 0 aromatic rings. The standard InChI is InChI=1S/C8H14N2/c1-6-7-2-4-10(5-3-7)8(6)9/h7H,2-5,9H2,1H3. The van der Waals surface area contributed by atoms with Crippen molar-refractivity contribution < 1.29 is 0 Å². The van der Waals surface area contributed by atoms with Gasteiger partial charge in [0.1, 0.15) is 6.17 Å². The Balaban J connectivity index is 2.13. The molecular formula is C8H14N2. The number of fused-ring (bicyclic) bond motifs is 3. The topological polar surface area (TPSA) is 29.3 Å². The lowest BCUT2D eigenvalue weighted by Crippen LogP contribution is -2.51. The molecule has 2 N–H and O–H groups in total. The summed E-state index contributed by atoms with van der Waals surface area (Å²) in [4.78, 5) is 2.30. The van der Waals surface area contributed by atoms with E-state index in [1.807, 2.05) is 0 Å². The summed E-state index contributed by atoms with van der Waals surface area (Å²) in [5.41, 5.74) is 5.87. The summed E-state index contributed by atoms with van der Waals surface area (Å²) in [7, 11) is 0. The third-order valence-corrected chi connectivity index (χ3v) is 2.85. The van der Waals surface area contributed by atoms with E-state index in [0.29, 0.717) is 0 Å². The van der Waals surface area contributed by atoms with Gasteiger partial charge in [-0.05, 0) is 18.8 Å². The predicted molar refractivity (Wildman–Crippen MR) is 40.6 cm³/mol. The molecule has 2 bridgehead atoms. The molecule has 0 spiro atoms. The smallest absolute Gasteiger partial charge is 0.108 e. The van der Waals surface area contributed by atoms with Gasteiger partial charge in [-0.15, -0.1) is 0 Å². The third-order valence-electron chi connectivity index (χ3n) is 2.85. The largest absolute Gasteiger partial charge is 0.310 e. The van der Waals surface area contributed by atoms with Crippen molar-refractivity contribution in [2.45, 2.75) is 19.8 Å². The Morgan fingerprint density at radius 2 is 2.00 bits per heavy atom. The minimum atomic E-state index is 0.810. The predicted octanol–water partition coefficient (Wildman–Crippen LogP) is 0.755. The molecule has 2 heteroatoms. The maximum atomic E-state index is 5.87.